The molecule has 0 amide bonds. The first kappa shape index (κ1) is 16.3. The highest BCUT2D eigenvalue weighted by Crippen LogP contribution is 2.40. The van der Waals surface area contributed by atoms with Crippen molar-refractivity contribution in [3.63, 3.8) is 0 Å². The maximum atomic E-state index is 5.58. The first-order valence-electron chi connectivity index (χ1n) is 8.89. The molecule has 1 atom stereocenters. The van der Waals surface area contributed by atoms with E-state index in [1.54, 1.807) is 0 Å². The van der Waals surface area contributed by atoms with Crippen LogP contribution in [-0.4, -0.2) is 49.3 Å². The largest absolute Gasteiger partial charge is 0.379 e. The molecule has 3 heteroatoms. The lowest BCUT2D eigenvalue weighted by atomic mass is 9.82. The van der Waals surface area contributed by atoms with Crippen molar-refractivity contribution in [1.29, 1.82) is 0 Å². The lowest BCUT2D eigenvalue weighted by Gasteiger charge is -2.49. The second-order valence-corrected chi connectivity index (χ2v) is 6.56. The van der Waals surface area contributed by atoms with Crippen molar-refractivity contribution < 1.29 is 4.74 Å². The topological polar surface area (TPSA) is 24.5 Å². The number of rotatable bonds is 8. The average Bonchev–Trinajstić information content (AvgIpc) is 2.99. The fourth-order valence-corrected chi connectivity index (χ4v) is 4.17. The Morgan fingerprint density at radius 2 is 1.80 bits per heavy atom. The zero-order chi connectivity index (χ0) is 14.3. The first-order chi connectivity index (χ1) is 9.83. The van der Waals surface area contributed by atoms with E-state index in [-0.39, 0.29) is 0 Å². The molecule has 0 aromatic rings. The highest BCUT2D eigenvalue weighted by molar-refractivity contribution is 5.04. The molecule has 0 bridgehead atoms. The van der Waals surface area contributed by atoms with Crippen LogP contribution in [0, 0.1) is 0 Å². The van der Waals surface area contributed by atoms with Gasteiger partial charge in [0.1, 0.15) is 0 Å². The van der Waals surface area contributed by atoms with Crippen LogP contribution in [0.2, 0.25) is 0 Å². The molecular weight excluding hydrogens is 248 g/mol. The molecule has 118 valence electrons. The van der Waals surface area contributed by atoms with Gasteiger partial charge in [-0.25, -0.2) is 0 Å². The van der Waals surface area contributed by atoms with Crippen molar-refractivity contribution in [3.05, 3.63) is 0 Å². The van der Waals surface area contributed by atoms with Crippen molar-refractivity contribution in [3.8, 4) is 0 Å². The summed E-state index contributed by atoms with van der Waals surface area (Å²) in [7, 11) is 0. The van der Waals surface area contributed by atoms with Crippen molar-refractivity contribution >= 4 is 0 Å². The van der Waals surface area contributed by atoms with E-state index >= 15 is 0 Å². The molecule has 0 aromatic heterocycles. The fraction of sp³-hybridized carbons (Fsp3) is 1.00. The smallest absolute Gasteiger partial charge is 0.0594 e. The molecule has 0 aromatic carbocycles. The summed E-state index contributed by atoms with van der Waals surface area (Å²) >= 11 is 0. The Hall–Kier alpha value is -0.120. The van der Waals surface area contributed by atoms with Crippen molar-refractivity contribution in [2.45, 2.75) is 76.8 Å². The summed E-state index contributed by atoms with van der Waals surface area (Å²) in [5.74, 6) is 0. The summed E-state index contributed by atoms with van der Waals surface area (Å²) in [6.07, 6.45) is 10.8. The standard InChI is InChI=1S/C17H34N2O/c1-3-5-8-16(18-11-4-2)17(9-6-7-10-17)19-12-14-20-15-13-19/h16,18H,3-15H2,1-2H3. The van der Waals surface area contributed by atoms with E-state index in [0.29, 0.717) is 11.6 Å². The van der Waals surface area contributed by atoms with E-state index < -0.39 is 0 Å². The van der Waals surface area contributed by atoms with Gasteiger partial charge in [0.25, 0.3) is 0 Å². The second-order valence-electron chi connectivity index (χ2n) is 6.56. The van der Waals surface area contributed by atoms with Gasteiger partial charge >= 0.3 is 0 Å². The number of nitrogens with one attached hydrogen (secondary N) is 1. The molecule has 1 saturated carbocycles. The lowest BCUT2D eigenvalue weighted by Crippen LogP contribution is -2.62. The summed E-state index contributed by atoms with van der Waals surface area (Å²) in [6, 6.07) is 0.683. The molecule has 1 unspecified atom stereocenters. The Kier molecular flexibility index (Phi) is 6.79. The van der Waals surface area contributed by atoms with Crippen LogP contribution in [0.3, 0.4) is 0 Å². The number of hydrogen-bond donors (Lipinski definition) is 1. The van der Waals surface area contributed by atoms with Crippen molar-refractivity contribution in [1.82, 2.24) is 10.2 Å². The van der Waals surface area contributed by atoms with Crippen LogP contribution in [0.1, 0.15) is 65.2 Å². The molecule has 1 N–H and O–H groups in total. The van der Waals surface area contributed by atoms with Crippen molar-refractivity contribution in [2.24, 2.45) is 0 Å². The Morgan fingerprint density at radius 3 is 2.40 bits per heavy atom. The van der Waals surface area contributed by atoms with E-state index in [0.717, 1.165) is 26.3 Å². The van der Waals surface area contributed by atoms with E-state index in [1.165, 1.54) is 57.9 Å². The Labute approximate surface area is 125 Å². The third-order valence-electron chi connectivity index (χ3n) is 5.25. The van der Waals surface area contributed by atoms with Crippen LogP contribution in [0.4, 0.5) is 0 Å². The van der Waals surface area contributed by atoms with Crippen LogP contribution in [0.5, 0.6) is 0 Å². The Bertz CT molecular complexity index is 250. The maximum Gasteiger partial charge on any atom is 0.0594 e. The minimum Gasteiger partial charge on any atom is -0.379 e. The van der Waals surface area contributed by atoms with Gasteiger partial charge in [-0.1, -0.05) is 39.5 Å². The number of morpholine rings is 1. The zero-order valence-corrected chi connectivity index (χ0v) is 13.6. The molecule has 2 fully saturated rings. The Morgan fingerprint density at radius 1 is 1.10 bits per heavy atom. The molecule has 1 heterocycles. The van der Waals surface area contributed by atoms with Crippen LogP contribution >= 0.6 is 0 Å². The monoisotopic (exact) mass is 282 g/mol. The quantitative estimate of drug-likeness (QED) is 0.740. The van der Waals surface area contributed by atoms with Gasteiger partial charge in [0, 0.05) is 24.7 Å². The number of nitrogens with zero attached hydrogens (tertiary/aromatic N) is 1. The van der Waals surface area contributed by atoms with Gasteiger partial charge < -0.3 is 10.1 Å². The third-order valence-corrected chi connectivity index (χ3v) is 5.25. The summed E-state index contributed by atoms with van der Waals surface area (Å²) in [5, 5.41) is 3.90. The van der Waals surface area contributed by atoms with Crippen LogP contribution < -0.4 is 5.32 Å². The molecule has 0 radical (unpaired) electrons. The molecule has 2 rings (SSSR count). The van der Waals surface area contributed by atoms with E-state index in [4.69, 9.17) is 4.74 Å². The van der Waals surface area contributed by atoms with E-state index in [9.17, 15) is 0 Å². The highest BCUT2D eigenvalue weighted by Gasteiger charge is 2.45. The van der Waals surface area contributed by atoms with E-state index in [1.807, 2.05) is 0 Å². The van der Waals surface area contributed by atoms with E-state index in [2.05, 4.69) is 24.1 Å². The van der Waals surface area contributed by atoms with Gasteiger partial charge in [0.2, 0.25) is 0 Å². The Balaban J connectivity index is 2.08. The molecule has 1 aliphatic carbocycles. The molecule has 1 saturated heterocycles. The maximum absolute atomic E-state index is 5.58. The average molecular weight is 282 g/mol. The second kappa shape index (κ2) is 8.35. The van der Waals surface area contributed by atoms with Crippen LogP contribution in [0.15, 0.2) is 0 Å². The lowest BCUT2D eigenvalue weighted by molar-refractivity contribution is -0.0371. The molecule has 3 nitrogen and oxygen atoms in total. The van der Waals surface area contributed by atoms with Gasteiger partial charge in [-0.15, -0.1) is 0 Å². The first-order valence-corrected chi connectivity index (χ1v) is 8.89. The molecule has 0 spiro atoms. The SMILES string of the molecule is CCCCC(NCCC)C1(N2CCOCC2)CCCC1. The summed E-state index contributed by atoms with van der Waals surface area (Å²) in [6.45, 7) is 9.88. The minimum absolute atomic E-state index is 0.425. The summed E-state index contributed by atoms with van der Waals surface area (Å²) in [4.78, 5) is 2.77. The van der Waals surface area contributed by atoms with Crippen LogP contribution in [-0.2, 0) is 4.74 Å². The molecule has 20 heavy (non-hydrogen) atoms. The molecule has 1 aliphatic heterocycles. The van der Waals surface area contributed by atoms with Crippen molar-refractivity contribution in [2.75, 3.05) is 32.8 Å². The molecule has 2 aliphatic rings. The third kappa shape index (κ3) is 3.75. The fourth-order valence-electron chi connectivity index (χ4n) is 4.17. The van der Waals surface area contributed by atoms with Gasteiger partial charge in [-0.05, 0) is 32.2 Å². The van der Waals surface area contributed by atoms with Gasteiger partial charge in [0.05, 0.1) is 13.2 Å². The predicted molar refractivity (Wildman–Crippen MR) is 85.2 cm³/mol. The van der Waals surface area contributed by atoms with Gasteiger partial charge in [-0.3, -0.25) is 4.90 Å². The number of ether oxygens (including phenoxy) is 1. The minimum atomic E-state index is 0.425. The summed E-state index contributed by atoms with van der Waals surface area (Å²) < 4.78 is 5.58. The normalized spacial score (nSPS) is 24.9. The number of unbranched alkanes of at least 4 members (excludes halogenated alkanes) is 1. The van der Waals surface area contributed by atoms with Gasteiger partial charge in [-0.2, -0.15) is 0 Å². The zero-order valence-electron chi connectivity index (χ0n) is 13.6. The molecular formula is C17H34N2O. The number of hydrogen-bond acceptors (Lipinski definition) is 3. The van der Waals surface area contributed by atoms with Gasteiger partial charge in [0.15, 0.2) is 0 Å². The highest BCUT2D eigenvalue weighted by atomic mass is 16.5. The van der Waals surface area contributed by atoms with Crippen LogP contribution in [0.25, 0.3) is 0 Å². The summed E-state index contributed by atoms with van der Waals surface area (Å²) in [5.41, 5.74) is 0.425. The predicted octanol–water partition coefficient (Wildman–Crippen LogP) is 3.19.